The maximum Gasteiger partial charge on any atom is 0.0447 e. The van der Waals surface area contributed by atoms with Gasteiger partial charge in [-0.05, 0) is 29.5 Å². The number of aryl methyl sites for hydroxylation is 1. The van der Waals surface area contributed by atoms with Crippen LogP contribution in [0.3, 0.4) is 0 Å². The first-order valence-corrected chi connectivity index (χ1v) is 4.94. The molecule has 0 aliphatic rings. The number of hydrogen-bond acceptors (Lipinski definition) is 0. The van der Waals surface area contributed by atoms with Gasteiger partial charge in [0.1, 0.15) is 0 Å². The Bertz CT molecular complexity index is 348. The highest BCUT2D eigenvalue weighted by Crippen LogP contribution is 2.34. The van der Waals surface area contributed by atoms with Gasteiger partial charge in [0.2, 0.25) is 0 Å². The lowest BCUT2D eigenvalue weighted by Gasteiger charge is -2.22. The molecule has 0 amide bonds. The third-order valence-electron chi connectivity index (χ3n) is 2.32. The zero-order valence-electron chi connectivity index (χ0n) is 9.52. The van der Waals surface area contributed by atoms with Crippen LogP contribution in [0.2, 0.25) is 0 Å². The fourth-order valence-corrected chi connectivity index (χ4v) is 1.56. The quantitative estimate of drug-likeness (QED) is 0.678. The van der Waals surface area contributed by atoms with Crippen LogP contribution in [0, 0.1) is 12.3 Å². The highest BCUT2D eigenvalue weighted by Gasteiger charge is 2.19. The van der Waals surface area contributed by atoms with E-state index in [9.17, 15) is 0 Å². The van der Waals surface area contributed by atoms with Crippen LogP contribution in [0.25, 0.3) is 5.57 Å². The largest absolute Gasteiger partial charge is 0.361 e. The smallest absolute Gasteiger partial charge is 0.0447 e. The molecule has 0 saturated heterocycles. The number of aromatic amines is 1. The van der Waals surface area contributed by atoms with Crippen LogP contribution >= 0.6 is 0 Å². The summed E-state index contributed by atoms with van der Waals surface area (Å²) in [6.07, 6.45) is 5.91. The van der Waals surface area contributed by atoms with Gasteiger partial charge in [-0.1, -0.05) is 39.5 Å². The molecule has 1 heteroatoms. The molecule has 1 aromatic heterocycles. The van der Waals surface area contributed by atoms with Crippen LogP contribution in [-0.2, 0) is 0 Å². The van der Waals surface area contributed by atoms with Crippen molar-refractivity contribution in [1.82, 2.24) is 4.98 Å². The molecule has 1 N–H and O–H groups in total. The molecule has 0 unspecified atom stereocenters. The van der Waals surface area contributed by atoms with Crippen LogP contribution in [0.4, 0.5) is 0 Å². The first-order chi connectivity index (χ1) is 6.46. The van der Waals surface area contributed by atoms with E-state index in [0.717, 1.165) is 0 Å². The van der Waals surface area contributed by atoms with E-state index in [2.05, 4.69) is 51.4 Å². The second-order valence-electron chi connectivity index (χ2n) is 4.60. The summed E-state index contributed by atoms with van der Waals surface area (Å²) in [5.41, 5.74) is 3.95. The maximum absolute atomic E-state index is 3.76. The summed E-state index contributed by atoms with van der Waals surface area (Å²) in [4.78, 5) is 3.28. The standard InChI is InChI=1S/C13H19N/c1-6-7-11(13(3,4)5)12-10(2)8-9-14-12/h6-9,14H,1H2,2-5H3/b11-7+. The lowest BCUT2D eigenvalue weighted by atomic mass is 9.83. The van der Waals surface area contributed by atoms with Gasteiger partial charge in [0.25, 0.3) is 0 Å². The number of aromatic nitrogens is 1. The molecule has 76 valence electrons. The Hall–Kier alpha value is -1.24. The van der Waals surface area contributed by atoms with Crippen molar-refractivity contribution in [2.75, 3.05) is 0 Å². The summed E-state index contributed by atoms with van der Waals surface area (Å²) in [6, 6.07) is 2.10. The fraction of sp³-hybridized carbons (Fsp3) is 0.385. The number of rotatable bonds is 2. The summed E-state index contributed by atoms with van der Waals surface area (Å²) in [6.45, 7) is 12.5. The van der Waals surface area contributed by atoms with Crippen molar-refractivity contribution in [2.45, 2.75) is 27.7 Å². The minimum Gasteiger partial charge on any atom is -0.361 e. The van der Waals surface area contributed by atoms with Gasteiger partial charge >= 0.3 is 0 Å². The highest BCUT2D eigenvalue weighted by molar-refractivity contribution is 5.70. The Morgan fingerprint density at radius 3 is 2.43 bits per heavy atom. The van der Waals surface area contributed by atoms with Crippen LogP contribution in [-0.4, -0.2) is 4.98 Å². The molecule has 0 aromatic carbocycles. The monoisotopic (exact) mass is 189 g/mol. The van der Waals surface area contributed by atoms with Gasteiger partial charge in [-0.15, -0.1) is 0 Å². The Balaban J connectivity index is 3.21. The van der Waals surface area contributed by atoms with Crippen molar-refractivity contribution < 1.29 is 0 Å². The molecule has 0 fully saturated rings. The topological polar surface area (TPSA) is 15.8 Å². The van der Waals surface area contributed by atoms with Gasteiger partial charge in [0.05, 0.1) is 0 Å². The number of H-pyrrole nitrogens is 1. The molecule has 0 aliphatic carbocycles. The van der Waals surface area contributed by atoms with E-state index >= 15 is 0 Å². The minimum absolute atomic E-state index is 0.143. The van der Waals surface area contributed by atoms with Gasteiger partial charge < -0.3 is 4.98 Å². The molecule has 14 heavy (non-hydrogen) atoms. The lowest BCUT2D eigenvalue weighted by molar-refractivity contribution is 0.564. The van der Waals surface area contributed by atoms with E-state index in [1.807, 2.05) is 12.3 Å². The normalized spacial score (nSPS) is 13.0. The first kappa shape index (κ1) is 10.8. The van der Waals surface area contributed by atoms with Crippen molar-refractivity contribution in [3.8, 4) is 0 Å². The summed E-state index contributed by atoms with van der Waals surface area (Å²) in [7, 11) is 0. The Kier molecular flexibility index (Phi) is 3.00. The third kappa shape index (κ3) is 2.16. The number of allylic oxidation sites excluding steroid dienone is 3. The molecule has 1 rings (SSSR count). The molecular weight excluding hydrogens is 170 g/mol. The molecular formula is C13H19N. The summed E-state index contributed by atoms with van der Waals surface area (Å²) < 4.78 is 0. The summed E-state index contributed by atoms with van der Waals surface area (Å²) >= 11 is 0. The summed E-state index contributed by atoms with van der Waals surface area (Å²) in [5, 5.41) is 0. The SMILES string of the molecule is C=C/C=C(\c1[nH]ccc1C)C(C)(C)C. The third-order valence-corrected chi connectivity index (χ3v) is 2.32. The second kappa shape index (κ2) is 3.87. The highest BCUT2D eigenvalue weighted by atomic mass is 14.7. The van der Waals surface area contributed by atoms with Crippen LogP contribution in [0.15, 0.2) is 31.0 Å². The van der Waals surface area contributed by atoms with Crippen molar-refractivity contribution >= 4 is 5.57 Å². The molecule has 1 aromatic rings. The van der Waals surface area contributed by atoms with Crippen LogP contribution in [0.5, 0.6) is 0 Å². The molecule has 1 heterocycles. The second-order valence-corrected chi connectivity index (χ2v) is 4.60. The van der Waals surface area contributed by atoms with Gasteiger partial charge in [-0.2, -0.15) is 0 Å². The molecule has 0 aliphatic heterocycles. The van der Waals surface area contributed by atoms with Crippen molar-refractivity contribution in [1.29, 1.82) is 0 Å². The van der Waals surface area contributed by atoms with E-state index < -0.39 is 0 Å². The van der Waals surface area contributed by atoms with Crippen molar-refractivity contribution in [3.63, 3.8) is 0 Å². The number of hydrogen-bond donors (Lipinski definition) is 1. The van der Waals surface area contributed by atoms with Gasteiger partial charge in [0, 0.05) is 11.9 Å². The van der Waals surface area contributed by atoms with Gasteiger partial charge in [0.15, 0.2) is 0 Å². The van der Waals surface area contributed by atoms with Crippen LogP contribution < -0.4 is 0 Å². The average molecular weight is 189 g/mol. The minimum atomic E-state index is 0.143. The summed E-state index contributed by atoms with van der Waals surface area (Å²) in [5.74, 6) is 0. The predicted molar refractivity (Wildman–Crippen MR) is 63.2 cm³/mol. The van der Waals surface area contributed by atoms with E-state index in [1.165, 1.54) is 16.8 Å². The zero-order chi connectivity index (χ0) is 10.8. The van der Waals surface area contributed by atoms with Crippen molar-refractivity contribution in [2.24, 2.45) is 5.41 Å². The Morgan fingerprint density at radius 2 is 2.07 bits per heavy atom. The fourth-order valence-electron chi connectivity index (χ4n) is 1.56. The Morgan fingerprint density at radius 1 is 1.43 bits per heavy atom. The van der Waals surface area contributed by atoms with E-state index in [4.69, 9.17) is 0 Å². The number of nitrogens with one attached hydrogen (secondary N) is 1. The average Bonchev–Trinajstić information content (AvgIpc) is 2.45. The molecule has 0 bridgehead atoms. The van der Waals surface area contributed by atoms with E-state index in [0.29, 0.717) is 0 Å². The first-order valence-electron chi connectivity index (χ1n) is 4.94. The molecule has 0 radical (unpaired) electrons. The molecule has 0 saturated carbocycles. The lowest BCUT2D eigenvalue weighted by Crippen LogP contribution is -2.09. The Labute approximate surface area is 86.5 Å². The predicted octanol–water partition coefficient (Wildman–Crippen LogP) is 3.94. The van der Waals surface area contributed by atoms with Gasteiger partial charge in [-0.25, -0.2) is 0 Å². The van der Waals surface area contributed by atoms with E-state index in [1.54, 1.807) is 0 Å². The molecule has 1 nitrogen and oxygen atoms in total. The molecule has 0 atom stereocenters. The molecule has 0 spiro atoms. The zero-order valence-corrected chi connectivity index (χ0v) is 9.52. The van der Waals surface area contributed by atoms with Gasteiger partial charge in [-0.3, -0.25) is 0 Å². The van der Waals surface area contributed by atoms with E-state index in [-0.39, 0.29) is 5.41 Å². The maximum atomic E-state index is 3.76. The van der Waals surface area contributed by atoms with Crippen LogP contribution in [0.1, 0.15) is 32.0 Å². The van der Waals surface area contributed by atoms with Crippen molar-refractivity contribution in [3.05, 3.63) is 42.3 Å².